The van der Waals surface area contributed by atoms with Gasteiger partial charge in [0, 0.05) is 10.0 Å². The van der Waals surface area contributed by atoms with Gasteiger partial charge in [0.1, 0.15) is 11.4 Å². The molecule has 1 N–H and O–H groups in total. The average molecular weight is 467 g/mol. The molecule has 5 nitrogen and oxygen atoms in total. The van der Waals surface area contributed by atoms with E-state index < -0.39 is 11.8 Å². The van der Waals surface area contributed by atoms with Crippen molar-refractivity contribution in [2.75, 3.05) is 17.3 Å². The second-order valence-electron chi connectivity index (χ2n) is 7.44. The van der Waals surface area contributed by atoms with Crippen LogP contribution in [0, 0.1) is 13.8 Å². The minimum atomic E-state index is -0.493. The third-order valence-corrected chi connectivity index (χ3v) is 5.84. The number of aryl methyl sites for hydroxylation is 2. The number of benzene rings is 3. The Labute approximate surface area is 196 Å². The van der Waals surface area contributed by atoms with Gasteiger partial charge in [0.2, 0.25) is 0 Å². The van der Waals surface area contributed by atoms with Crippen LogP contribution in [0.4, 0.5) is 11.4 Å². The zero-order valence-electron chi connectivity index (χ0n) is 17.7. The second-order valence-corrected chi connectivity index (χ2v) is 8.32. The summed E-state index contributed by atoms with van der Waals surface area (Å²) < 4.78 is 5.40. The van der Waals surface area contributed by atoms with Crippen LogP contribution < -0.4 is 15.0 Å². The highest BCUT2D eigenvalue weighted by molar-refractivity contribution is 6.46. The summed E-state index contributed by atoms with van der Waals surface area (Å²) in [5, 5.41) is 3.99. The normalized spacial score (nSPS) is 13.7. The van der Waals surface area contributed by atoms with Crippen LogP contribution in [0.1, 0.15) is 16.7 Å². The minimum absolute atomic E-state index is 0.138. The highest BCUT2D eigenvalue weighted by atomic mass is 35.5. The van der Waals surface area contributed by atoms with Crippen LogP contribution in [0.2, 0.25) is 10.0 Å². The van der Waals surface area contributed by atoms with Crippen molar-refractivity contribution < 1.29 is 14.3 Å². The van der Waals surface area contributed by atoms with Crippen LogP contribution >= 0.6 is 23.2 Å². The van der Waals surface area contributed by atoms with Gasteiger partial charge in [-0.05, 0) is 66.9 Å². The molecule has 0 fully saturated rings. The number of carbonyl (C=O) groups excluding carboxylic acids is 2. The molecule has 2 amide bonds. The minimum Gasteiger partial charge on any atom is -0.495 e. The quantitative estimate of drug-likeness (QED) is 0.467. The fourth-order valence-electron chi connectivity index (χ4n) is 3.57. The number of anilines is 2. The van der Waals surface area contributed by atoms with E-state index in [-0.39, 0.29) is 11.3 Å². The number of imide groups is 1. The largest absolute Gasteiger partial charge is 0.495 e. The molecule has 1 aliphatic rings. The van der Waals surface area contributed by atoms with E-state index in [1.54, 1.807) is 42.5 Å². The maximum absolute atomic E-state index is 13.6. The van der Waals surface area contributed by atoms with Gasteiger partial charge < -0.3 is 10.1 Å². The van der Waals surface area contributed by atoms with Gasteiger partial charge in [0.05, 0.1) is 24.1 Å². The molecule has 0 bridgehead atoms. The summed E-state index contributed by atoms with van der Waals surface area (Å²) in [6.07, 6.45) is 0. The lowest BCUT2D eigenvalue weighted by molar-refractivity contribution is -0.120. The van der Waals surface area contributed by atoms with E-state index in [0.717, 1.165) is 16.0 Å². The average Bonchev–Trinajstić information content (AvgIpc) is 3.00. The first-order valence-corrected chi connectivity index (χ1v) is 10.6. The van der Waals surface area contributed by atoms with E-state index in [4.69, 9.17) is 27.9 Å². The van der Waals surface area contributed by atoms with Crippen LogP contribution in [0.15, 0.2) is 66.4 Å². The smallest absolute Gasteiger partial charge is 0.282 e. The Hall–Kier alpha value is -3.28. The number of rotatable bonds is 5. The number of carbonyl (C=O) groups is 2. The lowest BCUT2D eigenvalue weighted by Crippen LogP contribution is -2.32. The van der Waals surface area contributed by atoms with Gasteiger partial charge in [0.15, 0.2) is 0 Å². The van der Waals surface area contributed by atoms with Gasteiger partial charge in [-0.2, -0.15) is 0 Å². The number of methoxy groups -OCH3 is 1. The zero-order chi connectivity index (χ0) is 23.0. The molecule has 0 aromatic heterocycles. The molecule has 0 unspecified atom stereocenters. The summed E-state index contributed by atoms with van der Waals surface area (Å²) in [7, 11) is 1.52. The van der Waals surface area contributed by atoms with E-state index in [2.05, 4.69) is 5.32 Å². The van der Waals surface area contributed by atoms with Crippen molar-refractivity contribution in [1.29, 1.82) is 0 Å². The van der Waals surface area contributed by atoms with Crippen molar-refractivity contribution in [3.05, 3.63) is 93.1 Å². The van der Waals surface area contributed by atoms with Crippen LogP contribution in [0.3, 0.4) is 0 Å². The molecular weight excluding hydrogens is 447 g/mol. The van der Waals surface area contributed by atoms with Gasteiger partial charge in [-0.1, -0.05) is 47.5 Å². The Balaban J connectivity index is 1.88. The number of hydrogen-bond donors (Lipinski definition) is 1. The van der Waals surface area contributed by atoms with E-state index >= 15 is 0 Å². The predicted molar refractivity (Wildman–Crippen MR) is 128 cm³/mol. The van der Waals surface area contributed by atoms with Crippen molar-refractivity contribution in [2.45, 2.75) is 13.8 Å². The standard InChI is InChI=1S/C25H20Cl2N2O3/c1-14-7-8-16(11-15(14)2)22-23(28-20-13-18(27)9-10-21(20)32-3)25(31)29(24(22)30)19-6-4-5-17(26)12-19/h4-13,28H,1-3H3. The Morgan fingerprint density at radius 1 is 0.844 bits per heavy atom. The Morgan fingerprint density at radius 2 is 1.59 bits per heavy atom. The van der Waals surface area contributed by atoms with E-state index in [1.807, 2.05) is 32.0 Å². The first kappa shape index (κ1) is 21.9. The predicted octanol–water partition coefficient (Wildman–Crippen LogP) is 6.02. The van der Waals surface area contributed by atoms with Crippen molar-refractivity contribution >= 4 is 52.0 Å². The number of amides is 2. The molecule has 0 atom stereocenters. The van der Waals surface area contributed by atoms with E-state index in [9.17, 15) is 9.59 Å². The molecule has 1 aliphatic heterocycles. The van der Waals surface area contributed by atoms with Crippen molar-refractivity contribution in [3.8, 4) is 5.75 Å². The van der Waals surface area contributed by atoms with Crippen LogP contribution in [-0.2, 0) is 9.59 Å². The van der Waals surface area contributed by atoms with Gasteiger partial charge in [-0.3, -0.25) is 9.59 Å². The number of hydrogen-bond acceptors (Lipinski definition) is 4. The lowest BCUT2D eigenvalue weighted by atomic mass is 9.99. The highest BCUT2D eigenvalue weighted by Gasteiger charge is 2.40. The molecule has 0 aliphatic carbocycles. The van der Waals surface area contributed by atoms with Crippen molar-refractivity contribution in [1.82, 2.24) is 0 Å². The molecule has 4 rings (SSSR count). The molecule has 0 radical (unpaired) electrons. The van der Waals surface area contributed by atoms with Crippen LogP contribution in [0.25, 0.3) is 5.57 Å². The SMILES string of the molecule is COc1ccc(Cl)cc1NC1=C(c2ccc(C)c(C)c2)C(=O)N(c2cccc(Cl)c2)C1=O. The Kier molecular flexibility index (Phi) is 5.96. The number of nitrogens with zero attached hydrogens (tertiary/aromatic N) is 1. The summed E-state index contributed by atoms with van der Waals surface area (Å²) in [5.41, 5.74) is 4.01. The molecule has 0 saturated heterocycles. The monoisotopic (exact) mass is 466 g/mol. The van der Waals surface area contributed by atoms with E-state index in [1.165, 1.54) is 7.11 Å². The summed E-state index contributed by atoms with van der Waals surface area (Å²) in [4.78, 5) is 28.2. The summed E-state index contributed by atoms with van der Waals surface area (Å²) in [6.45, 7) is 3.95. The van der Waals surface area contributed by atoms with Gasteiger partial charge in [0.25, 0.3) is 11.8 Å². The molecule has 3 aromatic rings. The van der Waals surface area contributed by atoms with Gasteiger partial charge in [-0.25, -0.2) is 4.90 Å². The van der Waals surface area contributed by atoms with Crippen molar-refractivity contribution in [3.63, 3.8) is 0 Å². The molecule has 3 aromatic carbocycles. The third-order valence-electron chi connectivity index (χ3n) is 5.37. The Morgan fingerprint density at radius 3 is 2.28 bits per heavy atom. The first-order valence-electron chi connectivity index (χ1n) is 9.87. The van der Waals surface area contributed by atoms with Crippen LogP contribution in [0.5, 0.6) is 5.75 Å². The highest BCUT2D eigenvalue weighted by Crippen LogP contribution is 2.37. The Bertz CT molecular complexity index is 1280. The van der Waals surface area contributed by atoms with E-state index in [0.29, 0.717) is 32.7 Å². The third kappa shape index (κ3) is 3.97. The van der Waals surface area contributed by atoms with Gasteiger partial charge in [-0.15, -0.1) is 0 Å². The second kappa shape index (κ2) is 8.69. The molecule has 0 spiro atoms. The molecule has 0 saturated carbocycles. The summed E-state index contributed by atoms with van der Waals surface area (Å²) >= 11 is 12.3. The fourth-order valence-corrected chi connectivity index (χ4v) is 3.93. The first-order chi connectivity index (χ1) is 15.3. The molecule has 32 heavy (non-hydrogen) atoms. The molecule has 7 heteroatoms. The molecule has 1 heterocycles. The number of nitrogens with one attached hydrogen (secondary N) is 1. The topological polar surface area (TPSA) is 58.6 Å². The fraction of sp³-hybridized carbons (Fsp3) is 0.120. The molecular formula is C25H20Cl2N2O3. The molecule has 162 valence electrons. The summed E-state index contributed by atoms with van der Waals surface area (Å²) in [5.74, 6) is -0.445. The maximum Gasteiger partial charge on any atom is 0.282 e. The zero-order valence-corrected chi connectivity index (χ0v) is 19.2. The van der Waals surface area contributed by atoms with Crippen molar-refractivity contribution in [2.24, 2.45) is 0 Å². The number of halogens is 2. The summed E-state index contributed by atoms with van der Waals surface area (Å²) in [6, 6.07) is 17.3. The number of ether oxygens (including phenoxy) is 1. The van der Waals surface area contributed by atoms with Gasteiger partial charge >= 0.3 is 0 Å². The lowest BCUT2D eigenvalue weighted by Gasteiger charge is -2.16. The maximum atomic E-state index is 13.6. The van der Waals surface area contributed by atoms with Crippen LogP contribution in [-0.4, -0.2) is 18.9 Å².